The van der Waals surface area contributed by atoms with Crippen LogP contribution in [0.4, 0.5) is 0 Å². The number of hydrogen-bond donors (Lipinski definition) is 0. The van der Waals surface area contributed by atoms with Crippen LogP contribution in [0.15, 0.2) is 18.3 Å². The number of likely N-dealkylation sites (tertiary alicyclic amines) is 1. The van der Waals surface area contributed by atoms with E-state index in [0.717, 1.165) is 12.8 Å². The Labute approximate surface area is 112 Å². The summed E-state index contributed by atoms with van der Waals surface area (Å²) in [5, 5.41) is 0.508. The molecular weight excluding hydrogens is 252 g/mol. The summed E-state index contributed by atoms with van der Waals surface area (Å²) in [4.78, 5) is 17.6. The van der Waals surface area contributed by atoms with E-state index in [1.54, 1.807) is 18.3 Å². The number of hydrogen-bond acceptors (Lipinski definition) is 3. The quantitative estimate of drug-likeness (QED) is 0.824. The first-order valence-electron chi connectivity index (χ1n) is 6.25. The van der Waals surface area contributed by atoms with E-state index in [0.29, 0.717) is 30.4 Å². The fraction of sp³-hybridized carbons (Fsp3) is 0.538. The molecule has 2 heterocycles. The molecule has 1 aromatic rings. The summed E-state index contributed by atoms with van der Waals surface area (Å²) in [5.41, 5.74) is 0. The molecule has 2 rings (SSSR count). The minimum Gasteiger partial charge on any atom is -0.470 e. The first-order chi connectivity index (χ1) is 8.70. The molecule has 0 spiro atoms. The molecule has 0 saturated carbocycles. The number of halogens is 1. The molecule has 4 nitrogen and oxygen atoms in total. The molecule has 1 amide bonds. The number of amides is 1. The minimum absolute atomic E-state index is 0.0166. The van der Waals surface area contributed by atoms with E-state index < -0.39 is 0 Å². The maximum Gasteiger partial charge on any atom is 0.232 e. The number of rotatable bonds is 5. The molecule has 5 heteroatoms. The Balaban J connectivity index is 1.76. The summed E-state index contributed by atoms with van der Waals surface area (Å²) < 4.78 is 5.63. The summed E-state index contributed by atoms with van der Waals surface area (Å²) in [5.74, 6) is 0.661. The van der Waals surface area contributed by atoms with E-state index in [1.165, 1.54) is 0 Å². The van der Waals surface area contributed by atoms with Gasteiger partial charge in [0, 0.05) is 12.6 Å². The minimum atomic E-state index is 0.0166. The maximum atomic E-state index is 11.7. The first-order valence-corrected chi connectivity index (χ1v) is 6.63. The van der Waals surface area contributed by atoms with Crippen LogP contribution in [0.25, 0.3) is 0 Å². The van der Waals surface area contributed by atoms with Crippen LogP contribution < -0.4 is 4.74 Å². The van der Waals surface area contributed by atoms with Crippen LogP contribution in [0.3, 0.4) is 0 Å². The molecule has 0 bridgehead atoms. The SMILES string of the molecule is CCCCC(=O)N1CC(Oc2ncccc2Cl)C1. The second-order valence-corrected chi connectivity index (χ2v) is 4.84. The van der Waals surface area contributed by atoms with Gasteiger partial charge in [0.05, 0.1) is 13.1 Å². The predicted octanol–water partition coefficient (Wildman–Crippen LogP) is 2.51. The Morgan fingerprint density at radius 3 is 3.06 bits per heavy atom. The monoisotopic (exact) mass is 268 g/mol. The Morgan fingerprint density at radius 1 is 1.61 bits per heavy atom. The van der Waals surface area contributed by atoms with E-state index in [2.05, 4.69) is 11.9 Å². The summed E-state index contributed by atoms with van der Waals surface area (Å²) >= 11 is 5.95. The zero-order valence-corrected chi connectivity index (χ0v) is 11.2. The van der Waals surface area contributed by atoms with Gasteiger partial charge in [-0.25, -0.2) is 4.98 Å². The van der Waals surface area contributed by atoms with Crippen molar-refractivity contribution in [2.45, 2.75) is 32.3 Å². The fourth-order valence-corrected chi connectivity index (χ4v) is 1.98. The van der Waals surface area contributed by atoms with E-state index in [-0.39, 0.29) is 12.0 Å². The van der Waals surface area contributed by atoms with Crippen molar-refractivity contribution in [3.05, 3.63) is 23.4 Å². The number of pyridine rings is 1. The molecule has 0 unspecified atom stereocenters. The van der Waals surface area contributed by atoms with Gasteiger partial charge in [0.2, 0.25) is 11.8 Å². The third kappa shape index (κ3) is 3.13. The number of aromatic nitrogens is 1. The van der Waals surface area contributed by atoms with Gasteiger partial charge in [-0.15, -0.1) is 0 Å². The van der Waals surface area contributed by atoms with Crippen molar-refractivity contribution in [1.29, 1.82) is 0 Å². The van der Waals surface area contributed by atoms with Crippen LogP contribution in [0.2, 0.25) is 5.02 Å². The lowest BCUT2D eigenvalue weighted by Crippen LogP contribution is -2.56. The van der Waals surface area contributed by atoms with Crippen molar-refractivity contribution in [3.63, 3.8) is 0 Å². The van der Waals surface area contributed by atoms with Crippen LogP contribution >= 0.6 is 11.6 Å². The van der Waals surface area contributed by atoms with Gasteiger partial charge in [-0.1, -0.05) is 24.9 Å². The standard InChI is InChI=1S/C13H17ClN2O2/c1-2-3-6-12(17)16-8-10(9-16)18-13-11(14)5-4-7-15-13/h4-5,7,10H,2-3,6,8-9H2,1H3. The fourth-order valence-electron chi connectivity index (χ4n) is 1.82. The normalized spacial score (nSPS) is 15.3. The van der Waals surface area contributed by atoms with E-state index in [4.69, 9.17) is 16.3 Å². The van der Waals surface area contributed by atoms with Crippen molar-refractivity contribution >= 4 is 17.5 Å². The zero-order chi connectivity index (χ0) is 13.0. The van der Waals surface area contributed by atoms with Gasteiger partial charge in [-0.2, -0.15) is 0 Å². The molecule has 0 N–H and O–H groups in total. The predicted molar refractivity (Wildman–Crippen MR) is 69.8 cm³/mol. The summed E-state index contributed by atoms with van der Waals surface area (Å²) in [7, 11) is 0. The summed E-state index contributed by atoms with van der Waals surface area (Å²) in [6, 6.07) is 3.50. The van der Waals surface area contributed by atoms with Crippen molar-refractivity contribution in [3.8, 4) is 5.88 Å². The smallest absolute Gasteiger partial charge is 0.232 e. The number of ether oxygens (including phenoxy) is 1. The molecule has 1 saturated heterocycles. The lowest BCUT2D eigenvalue weighted by molar-refractivity contribution is -0.140. The van der Waals surface area contributed by atoms with Gasteiger partial charge in [0.25, 0.3) is 0 Å². The van der Waals surface area contributed by atoms with Crippen molar-refractivity contribution in [2.24, 2.45) is 0 Å². The second kappa shape index (κ2) is 6.05. The molecule has 1 fully saturated rings. The van der Waals surface area contributed by atoms with Crippen LogP contribution in [0.1, 0.15) is 26.2 Å². The summed E-state index contributed by atoms with van der Waals surface area (Å²) in [6.07, 6.45) is 4.29. The number of carbonyl (C=O) groups is 1. The van der Waals surface area contributed by atoms with Crippen LogP contribution in [0.5, 0.6) is 5.88 Å². The highest BCUT2D eigenvalue weighted by atomic mass is 35.5. The van der Waals surface area contributed by atoms with E-state index in [9.17, 15) is 4.79 Å². The molecule has 1 aromatic heterocycles. The van der Waals surface area contributed by atoms with Gasteiger partial charge in [-0.3, -0.25) is 4.79 Å². The number of carbonyl (C=O) groups excluding carboxylic acids is 1. The molecule has 0 radical (unpaired) electrons. The highest BCUT2D eigenvalue weighted by Gasteiger charge is 2.32. The topological polar surface area (TPSA) is 42.4 Å². The lowest BCUT2D eigenvalue weighted by atomic mass is 10.1. The second-order valence-electron chi connectivity index (χ2n) is 4.43. The first kappa shape index (κ1) is 13.1. The Kier molecular flexibility index (Phi) is 4.42. The third-order valence-corrected chi connectivity index (χ3v) is 3.24. The summed E-state index contributed by atoms with van der Waals surface area (Å²) in [6.45, 7) is 3.35. The third-order valence-electron chi connectivity index (χ3n) is 2.95. The lowest BCUT2D eigenvalue weighted by Gasteiger charge is -2.38. The van der Waals surface area contributed by atoms with Gasteiger partial charge >= 0.3 is 0 Å². The van der Waals surface area contributed by atoms with Crippen molar-refractivity contribution in [2.75, 3.05) is 13.1 Å². The molecule has 1 aliphatic rings. The molecule has 98 valence electrons. The van der Waals surface area contributed by atoms with Crippen LogP contribution in [0, 0.1) is 0 Å². The molecule has 1 aliphatic heterocycles. The molecule has 0 aromatic carbocycles. The Morgan fingerprint density at radius 2 is 2.39 bits per heavy atom. The van der Waals surface area contributed by atoms with E-state index in [1.807, 2.05) is 4.90 Å². The van der Waals surface area contributed by atoms with Gasteiger partial charge in [0.15, 0.2) is 0 Å². The molecular formula is C13H17ClN2O2. The largest absolute Gasteiger partial charge is 0.470 e. The molecule has 0 aliphatic carbocycles. The average Bonchev–Trinajstić information content (AvgIpc) is 2.32. The van der Waals surface area contributed by atoms with E-state index >= 15 is 0 Å². The van der Waals surface area contributed by atoms with Crippen molar-refractivity contribution in [1.82, 2.24) is 9.88 Å². The highest BCUT2D eigenvalue weighted by molar-refractivity contribution is 6.31. The molecule has 18 heavy (non-hydrogen) atoms. The maximum absolute atomic E-state index is 11.7. The Hall–Kier alpha value is -1.29. The Bertz CT molecular complexity index is 419. The van der Waals surface area contributed by atoms with Gasteiger partial charge < -0.3 is 9.64 Å². The highest BCUT2D eigenvalue weighted by Crippen LogP contribution is 2.24. The van der Waals surface area contributed by atoms with Crippen LogP contribution in [-0.4, -0.2) is 35.0 Å². The van der Waals surface area contributed by atoms with Gasteiger partial charge in [-0.05, 0) is 18.6 Å². The zero-order valence-electron chi connectivity index (χ0n) is 10.4. The van der Waals surface area contributed by atoms with Crippen LogP contribution in [-0.2, 0) is 4.79 Å². The van der Waals surface area contributed by atoms with Gasteiger partial charge in [0.1, 0.15) is 11.1 Å². The number of unbranched alkanes of at least 4 members (excludes halogenated alkanes) is 1. The molecule has 0 atom stereocenters. The number of nitrogens with zero attached hydrogens (tertiary/aromatic N) is 2. The van der Waals surface area contributed by atoms with Crippen molar-refractivity contribution < 1.29 is 9.53 Å². The average molecular weight is 269 g/mol.